The zero-order valence-corrected chi connectivity index (χ0v) is 33.5. The van der Waals surface area contributed by atoms with Crippen LogP contribution in [0.25, 0.3) is 11.1 Å². The SMILES string of the molecule is C=C(O)C12CCC(CCN3CCc4c(nc(C(=O)Nc5cccc(-c6cccc(NC(=O)c7nc8c(n7C)CCN(CC(C)O)C8)c6C)c5C)n4C)C3)(CC1)C2. The Balaban J connectivity index is 0.938. The van der Waals surface area contributed by atoms with Crippen molar-refractivity contribution in [2.75, 3.05) is 36.8 Å². The maximum Gasteiger partial charge on any atom is 0.291 e. The quantitative estimate of drug-likeness (QED) is 0.128. The van der Waals surface area contributed by atoms with Gasteiger partial charge in [-0.15, -0.1) is 0 Å². The van der Waals surface area contributed by atoms with Gasteiger partial charge < -0.3 is 30.0 Å². The van der Waals surface area contributed by atoms with E-state index in [2.05, 4.69) is 27.0 Å². The molecule has 296 valence electrons. The Kier molecular flexibility index (Phi) is 9.95. The highest BCUT2D eigenvalue weighted by Gasteiger charge is 2.55. The molecule has 56 heavy (non-hydrogen) atoms. The molecule has 1 atom stereocenters. The molecule has 2 bridgehead atoms. The number of fused-ring (bicyclic) bond motifs is 4. The molecule has 2 amide bonds. The van der Waals surface area contributed by atoms with E-state index >= 15 is 0 Å². The number of aliphatic hydroxyl groups excluding tert-OH is 2. The van der Waals surface area contributed by atoms with E-state index in [9.17, 15) is 19.8 Å². The number of nitrogens with one attached hydrogen (secondary N) is 2. The third-order valence-corrected chi connectivity index (χ3v) is 13.6. The fourth-order valence-corrected chi connectivity index (χ4v) is 10.2. The minimum Gasteiger partial charge on any atom is -0.512 e. The van der Waals surface area contributed by atoms with E-state index in [-0.39, 0.29) is 17.2 Å². The summed E-state index contributed by atoms with van der Waals surface area (Å²) >= 11 is 0. The van der Waals surface area contributed by atoms with Gasteiger partial charge in [0, 0.05) is 87.8 Å². The molecule has 2 aliphatic heterocycles. The molecular weight excluding hydrogens is 705 g/mol. The lowest BCUT2D eigenvalue weighted by molar-refractivity contribution is 0.100. The van der Waals surface area contributed by atoms with Gasteiger partial charge in [0.05, 0.1) is 23.3 Å². The summed E-state index contributed by atoms with van der Waals surface area (Å²) < 4.78 is 3.84. The van der Waals surface area contributed by atoms with Gasteiger partial charge in [0.15, 0.2) is 11.6 Å². The first kappa shape index (κ1) is 38.1. The summed E-state index contributed by atoms with van der Waals surface area (Å²) in [6.07, 6.45) is 7.83. The van der Waals surface area contributed by atoms with E-state index in [0.29, 0.717) is 47.3 Å². The average Bonchev–Trinajstić information content (AvgIpc) is 3.92. The summed E-state index contributed by atoms with van der Waals surface area (Å²) in [6.45, 7) is 14.4. The van der Waals surface area contributed by atoms with Crippen molar-refractivity contribution in [1.29, 1.82) is 0 Å². The van der Waals surface area contributed by atoms with E-state index < -0.39 is 6.10 Å². The van der Waals surface area contributed by atoms with Gasteiger partial charge in [0.25, 0.3) is 11.8 Å². The van der Waals surface area contributed by atoms with E-state index in [1.807, 2.05) is 73.5 Å². The van der Waals surface area contributed by atoms with Crippen molar-refractivity contribution in [2.24, 2.45) is 24.9 Å². The van der Waals surface area contributed by atoms with Crippen molar-refractivity contribution < 1.29 is 19.8 Å². The average molecular weight is 761 g/mol. The molecule has 1 unspecified atom stereocenters. The van der Waals surface area contributed by atoms with Crippen molar-refractivity contribution in [3.05, 3.63) is 94.3 Å². The van der Waals surface area contributed by atoms with Gasteiger partial charge in [-0.2, -0.15) is 0 Å². The molecular formula is C44H56N8O4. The molecule has 12 nitrogen and oxygen atoms in total. The summed E-state index contributed by atoms with van der Waals surface area (Å²) in [6, 6.07) is 11.8. The van der Waals surface area contributed by atoms with Crippen molar-refractivity contribution in [3.8, 4) is 11.1 Å². The summed E-state index contributed by atoms with van der Waals surface area (Å²) in [5.41, 5.74) is 9.43. The smallest absolute Gasteiger partial charge is 0.291 e. The van der Waals surface area contributed by atoms with Gasteiger partial charge in [-0.05, 0) is 106 Å². The topological polar surface area (TPSA) is 141 Å². The number of hydrogen-bond donors (Lipinski definition) is 4. The Bertz CT molecular complexity index is 2210. The second-order valence-electron chi connectivity index (χ2n) is 17.2. The van der Waals surface area contributed by atoms with Gasteiger partial charge in [0.1, 0.15) is 0 Å². The van der Waals surface area contributed by atoms with Crippen LogP contribution < -0.4 is 10.6 Å². The maximum atomic E-state index is 13.8. The van der Waals surface area contributed by atoms with Crippen LogP contribution in [0.3, 0.4) is 0 Å². The molecule has 2 aliphatic carbocycles. The molecule has 0 saturated heterocycles. The van der Waals surface area contributed by atoms with Crippen LogP contribution in [0, 0.1) is 24.7 Å². The predicted octanol–water partition coefficient (Wildman–Crippen LogP) is 6.45. The Hall–Kier alpha value is -4.78. The summed E-state index contributed by atoms with van der Waals surface area (Å²) in [4.78, 5) is 41.7. The van der Waals surface area contributed by atoms with E-state index in [1.54, 1.807) is 6.92 Å². The largest absolute Gasteiger partial charge is 0.512 e. The number of benzene rings is 2. The Morgan fingerprint density at radius 1 is 0.821 bits per heavy atom. The second kappa shape index (κ2) is 14.6. The lowest BCUT2D eigenvalue weighted by Gasteiger charge is -2.32. The molecule has 2 fully saturated rings. The summed E-state index contributed by atoms with van der Waals surface area (Å²) in [5, 5.41) is 26.4. The van der Waals surface area contributed by atoms with Gasteiger partial charge in [-0.1, -0.05) is 30.8 Å². The monoisotopic (exact) mass is 760 g/mol. The Labute approximate surface area is 329 Å². The highest BCUT2D eigenvalue weighted by atomic mass is 16.3. The third kappa shape index (κ3) is 6.85. The maximum absolute atomic E-state index is 13.8. The molecule has 2 aromatic carbocycles. The lowest BCUT2D eigenvalue weighted by atomic mass is 9.79. The summed E-state index contributed by atoms with van der Waals surface area (Å²) in [7, 11) is 3.83. The molecule has 2 aromatic heterocycles. The van der Waals surface area contributed by atoms with Gasteiger partial charge in [0.2, 0.25) is 0 Å². The second-order valence-corrected chi connectivity index (χ2v) is 17.2. The molecule has 2 saturated carbocycles. The highest BCUT2D eigenvalue weighted by molar-refractivity contribution is 6.04. The number of aliphatic hydroxyl groups is 2. The number of aromatic nitrogens is 4. The number of hydrogen-bond acceptors (Lipinski definition) is 8. The van der Waals surface area contributed by atoms with Crippen molar-refractivity contribution in [3.63, 3.8) is 0 Å². The first-order chi connectivity index (χ1) is 26.8. The minimum atomic E-state index is -0.423. The van der Waals surface area contributed by atoms with Crippen molar-refractivity contribution in [2.45, 2.75) is 91.3 Å². The molecule has 4 aliphatic rings. The Morgan fingerprint density at radius 3 is 1.80 bits per heavy atom. The van der Waals surface area contributed by atoms with Crippen LogP contribution in [0.4, 0.5) is 11.4 Å². The van der Waals surface area contributed by atoms with E-state index in [4.69, 9.17) is 9.97 Å². The van der Waals surface area contributed by atoms with E-state index in [0.717, 1.165) is 110 Å². The van der Waals surface area contributed by atoms with Crippen LogP contribution in [0.2, 0.25) is 0 Å². The summed E-state index contributed by atoms with van der Waals surface area (Å²) in [5.74, 6) is 0.641. The van der Waals surface area contributed by atoms with Crippen molar-refractivity contribution >= 4 is 23.2 Å². The Morgan fingerprint density at radius 2 is 1.32 bits per heavy atom. The lowest BCUT2D eigenvalue weighted by Crippen LogP contribution is -2.36. The van der Waals surface area contributed by atoms with Crippen LogP contribution in [0.5, 0.6) is 0 Å². The number of allylic oxidation sites excluding steroid dienone is 1. The van der Waals surface area contributed by atoms with E-state index in [1.165, 1.54) is 12.8 Å². The number of nitrogens with zero attached hydrogens (tertiary/aromatic N) is 6. The minimum absolute atomic E-state index is 0.0533. The third-order valence-electron chi connectivity index (χ3n) is 13.6. The zero-order valence-electron chi connectivity index (χ0n) is 33.5. The van der Waals surface area contributed by atoms with Crippen LogP contribution in [-0.4, -0.2) is 83.2 Å². The standard InChI is InChI=1S/C44H56N8O4/c1-27(53)23-52-21-14-38-36(25-52)46-40(50(38)6)42(56)48-34-12-8-10-32(29(34)3)31-9-7-11-33(28(31)2)47-41(55)39-45-35-24-51(20-13-37(35)49(39)5)22-19-43-15-17-44(26-43,18-16-43)30(4)54/h7-12,27,53-54H,4,13-26H2,1-3,5-6H3,(H,47,55)(H,48,56). The highest BCUT2D eigenvalue weighted by Crippen LogP contribution is 2.65. The number of β-amino-alcohol motifs (C(OH)–C–C–N with tert-alkyl or cyclic N) is 1. The number of anilines is 2. The molecule has 0 radical (unpaired) electrons. The molecule has 4 aromatic rings. The number of carbonyl (C=O) groups excluding carboxylic acids is 2. The molecule has 8 rings (SSSR count). The van der Waals surface area contributed by atoms with Crippen molar-refractivity contribution in [1.82, 2.24) is 28.9 Å². The molecule has 4 heterocycles. The number of carbonyl (C=O) groups is 2. The van der Waals surface area contributed by atoms with Crippen LogP contribution in [0.1, 0.15) is 101 Å². The number of amides is 2. The molecule has 4 N–H and O–H groups in total. The number of rotatable bonds is 11. The zero-order chi connectivity index (χ0) is 39.5. The van der Waals surface area contributed by atoms with Gasteiger partial charge >= 0.3 is 0 Å². The molecule has 0 spiro atoms. The molecule has 12 heteroatoms. The normalized spacial score (nSPS) is 22.5. The van der Waals surface area contributed by atoms with Crippen LogP contribution in [-0.2, 0) is 40.0 Å². The number of imidazole rings is 2. The predicted molar refractivity (Wildman–Crippen MR) is 218 cm³/mol. The first-order valence-electron chi connectivity index (χ1n) is 20.2. The fourth-order valence-electron chi connectivity index (χ4n) is 10.2. The van der Waals surface area contributed by atoms with Gasteiger partial charge in [-0.3, -0.25) is 19.4 Å². The fraction of sp³-hybridized carbons (Fsp3) is 0.500. The van der Waals surface area contributed by atoms with Crippen LogP contribution >= 0.6 is 0 Å². The van der Waals surface area contributed by atoms with Gasteiger partial charge in [-0.25, -0.2) is 9.97 Å². The first-order valence-corrected chi connectivity index (χ1v) is 20.2. The van der Waals surface area contributed by atoms with Crippen LogP contribution in [0.15, 0.2) is 48.7 Å².